The second kappa shape index (κ2) is 9.46. The molecule has 0 heterocycles. The molecule has 6 nitrogen and oxygen atoms in total. The van der Waals surface area contributed by atoms with E-state index >= 15 is 0 Å². The highest BCUT2D eigenvalue weighted by molar-refractivity contribution is 5.92. The largest absolute Gasteiger partial charge is 0.496 e. The summed E-state index contributed by atoms with van der Waals surface area (Å²) in [5.74, 6) is 1.19. The first-order valence-electron chi connectivity index (χ1n) is 8.50. The number of nitrogens with one attached hydrogen (secondary N) is 2. The lowest BCUT2D eigenvalue weighted by Gasteiger charge is -2.14. The summed E-state index contributed by atoms with van der Waals surface area (Å²) in [6.45, 7) is 3.41. The highest BCUT2D eigenvalue weighted by Gasteiger charge is 2.05. The maximum atomic E-state index is 11.1. The average Bonchev–Trinajstić information content (AvgIpc) is 2.65. The van der Waals surface area contributed by atoms with Crippen LogP contribution in [-0.2, 0) is 13.0 Å². The number of guanidine groups is 1. The molecule has 0 aliphatic rings. The van der Waals surface area contributed by atoms with E-state index in [1.54, 1.807) is 26.3 Å². The molecule has 26 heavy (non-hydrogen) atoms. The van der Waals surface area contributed by atoms with Crippen LogP contribution in [0.2, 0.25) is 0 Å². The number of carbonyl (C=O) groups is 1. The number of benzene rings is 2. The van der Waals surface area contributed by atoms with Gasteiger partial charge < -0.3 is 21.1 Å². The molecule has 2 aromatic carbocycles. The molecular weight excluding hydrogens is 328 g/mol. The Kier molecular flexibility index (Phi) is 7.02. The van der Waals surface area contributed by atoms with E-state index in [1.807, 2.05) is 24.3 Å². The van der Waals surface area contributed by atoms with Crippen LogP contribution in [0.5, 0.6) is 5.75 Å². The number of aryl methyl sites for hydroxylation is 1. The van der Waals surface area contributed by atoms with Crippen LogP contribution in [0.25, 0.3) is 0 Å². The van der Waals surface area contributed by atoms with Crippen molar-refractivity contribution in [1.82, 2.24) is 10.6 Å². The van der Waals surface area contributed by atoms with Crippen LogP contribution in [0.3, 0.4) is 0 Å². The fraction of sp³-hybridized carbons (Fsp3) is 0.300. The maximum Gasteiger partial charge on any atom is 0.248 e. The van der Waals surface area contributed by atoms with E-state index in [4.69, 9.17) is 10.5 Å². The van der Waals surface area contributed by atoms with Gasteiger partial charge in [0.05, 0.1) is 7.11 Å². The molecule has 0 fully saturated rings. The number of nitrogens with zero attached hydrogens (tertiary/aromatic N) is 1. The van der Waals surface area contributed by atoms with Gasteiger partial charge in [0.15, 0.2) is 5.96 Å². The summed E-state index contributed by atoms with van der Waals surface area (Å²) in [6.07, 6.45) is 0.832. The Morgan fingerprint density at radius 3 is 2.50 bits per heavy atom. The summed E-state index contributed by atoms with van der Waals surface area (Å²) in [5, 5.41) is 6.55. The molecule has 2 rings (SSSR count). The van der Waals surface area contributed by atoms with Gasteiger partial charge in [-0.05, 0) is 42.7 Å². The Morgan fingerprint density at radius 1 is 1.15 bits per heavy atom. The quantitative estimate of drug-likeness (QED) is 0.524. The van der Waals surface area contributed by atoms with Gasteiger partial charge in [-0.25, -0.2) is 0 Å². The summed E-state index contributed by atoms with van der Waals surface area (Å²) < 4.78 is 5.41. The van der Waals surface area contributed by atoms with Crippen LogP contribution in [0, 0.1) is 6.92 Å². The molecule has 0 unspecified atom stereocenters. The van der Waals surface area contributed by atoms with Crippen molar-refractivity contribution in [2.24, 2.45) is 10.7 Å². The Balaban J connectivity index is 1.84. The number of carbonyl (C=O) groups excluding carboxylic acids is 1. The molecule has 0 spiro atoms. The molecule has 0 aliphatic carbocycles. The molecule has 0 saturated heterocycles. The van der Waals surface area contributed by atoms with Crippen molar-refractivity contribution in [3.8, 4) is 5.75 Å². The van der Waals surface area contributed by atoms with E-state index in [-0.39, 0.29) is 0 Å². The van der Waals surface area contributed by atoms with Crippen LogP contribution in [0.15, 0.2) is 47.5 Å². The zero-order valence-corrected chi connectivity index (χ0v) is 15.5. The van der Waals surface area contributed by atoms with E-state index in [0.29, 0.717) is 12.1 Å². The van der Waals surface area contributed by atoms with Crippen molar-refractivity contribution >= 4 is 11.9 Å². The molecule has 0 atom stereocenters. The van der Waals surface area contributed by atoms with Gasteiger partial charge in [-0.15, -0.1) is 0 Å². The molecule has 0 aliphatic heterocycles. The van der Waals surface area contributed by atoms with Gasteiger partial charge in [0.25, 0.3) is 0 Å². The van der Waals surface area contributed by atoms with Crippen molar-refractivity contribution in [2.75, 3.05) is 20.7 Å². The minimum absolute atomic E-state index is 0.423. The van der Waals surface area contributed by atoms with E-state index < -0.39 is 5.91 Å². The topological polar surface area (TPSA) is 88.7 Å². The number of amides is 1. The molecular formula is C20H26N4O2. The third-order valence-electron chi connectivity index (χ3n) is 4.04. The normalized spacial score (nSPS) is 11.1. The Morgan fingerprint density at radius 2 is 1.88 bits per heavy atom. The summed E-state index contributed by atoms with van der Waals surface area (Å²) in [4.78, 5) is 15.3. The minimum Gasteiger partial charge on any atom is -0.496 e. The van der Waals surface area contributed by atoms with Crippen molar-refractivity contribution in [2.45, 2.75) is 19.9 Å². The highest BCUT2D eigenvalue weighted by Crippen LogP contribution is 2.19. The molecule has 6 heteroatoms. The second-order valence-corrected chi connectivity index (χ2v) is 5.98. The number of rotatable bonds is 7. The molecule has 0 bridgehead atoms. The van der Waals surface area contributed by atoms with Gasteiger partial charge in [0.1, 0.15) is 5.75 Å². The predicted octanol–water partition coefficient (Wildman–Crippen LogP) is 2.01. The van der Waals surface area contributed by atoms with E-state index in [2.05, 4.69) is 28.6 Å². The van der Waals surface area contributed by atoms with E-state index in [1.165, 1.54) is 5.56 Å². The van der Waals surface area contributed by atoms with Crippen LogP contribution < -0.4 is 21.1 Å². The Bertz CT molecular complexity index is 770. The van der Waals surface area contributed by atoms with Crippen LogP contribution in [0.4, 0.5) is 0 Å². The first-order chi connectivity index (χ1) is 12.5. The number of hydrogen-bond donors (Lipinski definition) is 3. The van der Waals surface area contributed by atoms with E-state index in [9.17, 15) is 4.79 Å². The number of primary amides is 1. The van der Waals surface area contributed by atoms with Crippen molar-refractivity contribution < 1.29 is 9.53 Å². The lowest BCUT2D eigenvalue weighted by atomic mass is 10.1. The van der Waals surface area contributed by atoms with E-state index in [0.717, 1.165) is 35.8 Å². The molecule has 0 radical (unpaired) electrons. The smallest absolute Gasteiger partial charge is 0.248 e. The molecule has 0 saturated carbocycles. The van der Waals surface area contributed by atoms with Gasteiger partial charge in [0, 0.05) is 25.7 Å². The first-order valence-corrected chi connectivity index (χ1v) is 8.50. The Labute approximate surface area is 154 Å². The molecule has 2 aromatic rings. The van der Waals surface area contributed by atoms with Gasteiger partial charge >= 0.3 is 0 Å². The number of aliphatic imine (C=N–C) groups is 1. The fourth-order valence-electron chi connectivity index (χ4n) is 2.61. The van der Waals surface area contributed by atoms with Gasteiger partial charge in [-0.2, -0.15) is 0 Å². The molecule has 0 aromatic heterocycles. The monoisotopic (exact) mass is 354 g/mol. The van der Waals surface area contributed by atoms with Crippen LogP contribution >= 0.6 is 0 Å². The van der Waals surface area contributed by atoms with Crippen molar-refractivity contribution in [1.29, 1.82) is 0 Å². The second-order valence-electron chi connectivity index (χ2n) is 5.98. The zero-order chi connectivity index (χ0) is 18.9. The molecule has 1 amide bonds. The van der Waals surface area contributed by atoms with Crippen molar-refractivity contribution in [3.63, 3.8) is 0 Å². The standard InChI is InChI=1S/C20H26N4O2/c1-14-4-9-18(26-3)17(12-14)10-11-23-20(22-2)24-13-15-5-7-16(8-6-15)19(21)25/h4-9,12H,10-11,13H2,1-3H3,(H2,21,25)(H2,22,23,24). The SMILES string of the molecule is CN=C(NCCc1cc(C)ccc1OC)NCc1ccc(C(N)=O)cc1. The first kappa shape index (κ1) is 19.3. The summed E-state index contributed by atoms with van der Waals surface area (Å²) >= 11 is 0. The average molecular weight is 354 g/mol. The minimum atomic E-state index is -0.423. The van der Waals surface area contributed by atoms with Crippen molar-refractivity contribution in [3.05, 3.63) is 64.7 Å². The number of methoxy groups -OCH3 is 1. The zero-order valence-electron chi connectivity index (χ0n) is 15.5. The van der Waals surface area contributed by atoms with Gasteiger partial charge in [0.2, 0.25) is 5.91 Å². The number of nitrogens with two attached hydrogens (primary N) is 1. The fourth-order valence-corrected chi connectivity index (χ4v) is 2.61. The predicted molar refractivity (Wildman–Crippen MR) is 105 cm³/mol. The maximum absolute atomic E-state index is 11.1. The highest BCUT2D eigenvalue weighted by atomic mass is 16.5. The van der Waals surface area contributed by atoms with Crippen LogP contribution in [-0.4, -0.2) is 32.6 Å². The third-order valence-corrected chi connectivity index (χ3v) is 4.04. The molecule has 138 valence electrons. The third kappa shape index (κ3) is 5.51. The summed E-state index contributed by atoms with van der Waals surface area (Å²) in [5.41, 5.74) is 9.17. The summed E-state index contributed by atoms with van der Waals surface area (Å²) in [7, 11) is 3.42. The van der Waals surface area contributed by atoms with Gasteiger partial charge in [-0.3, -0.25) is 9.79 Å². The van der Waals surface area contributed by atoms with Gasteiger partial charge in [-0.1, -0.05) is 29.8 Å². The lowest BCUT2D eigenvalue weighted by Crippen LogP contribution is -2.37. The Hall–Kier alpha value is -3.02. The lowest BCUT2D eigenvalue weighted by molar-refractivity contribution is 0.100. The molecule has 4 N–H and O–H groups in total. The summed E-state index contributed by atoms with van der Waals surface area (Å²) in [6, 6.07) is 13.4. The number of ether oxygens (including phenoxy) is 1. The van der Waals surface area contributed by atoms with Crippen LogP contribution in [0.1, 0.15) is 27.0 Å². The number of hydrogen-bond acceptors (Lipinski definition) is 3.